The monoisotopic (exact) mass is 216 g/mol. The molecule has 3 nitrogen and oxygen atoms in total. The van der Waals surface area contributed by atoms with Gasteiger partial charge in [0, 0.05) is 17.8 Å². The van der Waals surface area contributed by atoms with E-state index >= 15 is 0 Å². The van der Waals surface area contributed by atoms with Gasteiger partial charge in [-0.05, 0) is 25.5 Å². The standard InChI is InChI=1S/C10H20N2OS/c1-3-8(7-14-2)12-10(13)6-11-9-4-5-9/h8-9,11H,3-7H2,1-2H3,(H,12,13). The molecule has 1 saturated carbocycles. The molecule has 2 N–H and O–H groups in total. The minimum atomic E-state index is 0.137. The first-order valence-corrected chi connectivity index (χ1v) is 6.67. The van der Waals surface area contributed by atoms with E-state index < -0.39 is 0 Å². The molecule has 0 spiro atoms. The molecule has 1 aliphatic rings. The summed E-state index contributed by atoms with van der Waals surface area (Å²) in [6.07, 6.45) is 5.54. The molecule has 1 unspecified atom stereocenters. The Balaban J connectivity index is 2.09. The molecule has 14 heavy (non-hydrogen) atoms. The Labute approximate surface area is 90.4 Å². The van der Waals surface area contributed by atoms with Crippen molar-refractivity contribution in [3.8, 4) is 0 Å². The number of hydrogen-bond acceptors (Lipinski definition) is 3. The Morgan fingerprint density at radius 2 is 2.29 bits per heavy atom. The SMILES string of the molecule is CCC(CSC)NC(=O)CNC1CC1. The van der Waals surface area contributed by atoms with E-state index in [2.05, 4.69) is 23.8 Å². The van der Waals surface area contributed by atoms with Crippen LogP contribution in [0.3, 0.4) is 0 Å². The molecule has 1 atom stereocenters. The maximum absolute atomic E-state index is 11.4. The van der Waals surface area contributed by atoms with Crippen molar-refractivity contribution in [1.29, 1.82) is 0 Å². The zero-order chi connectivity index (χ0) is 10.4. The highest BCUT2D eigenvalue weighted by atomic mass is 32.2. The molecular weight excluding hydrogens is 196 g/mol. The Hall–Kier alpha value is -0.220. The smallest absolute Gasteiger partial charge is 0.234 e. The Bertz CT molecular complexity index is 183. The molecule has 0 aromatic carbocycles. The quantitative estimate of drug-likeness (QED) is 0.667. The average molecular weight is 216 g/mol. The van der Waals surface area contributed by atoms with Crippen LogP contribution in [-0.4, -0.2) is 36.5 Å². The van der Waals surface area contributed by atoms with E-state index in [1.165, 1.54) is 12.8 Å². The summed E-state index contributed by atoms with van der Waals surface area (Å²) in [6, 6.07) is 0.944. The maximum Gasteiger partial charge on any atom is 0.234 e. The predicted octanol–water partition coefficient (Wildman–Crippen LogP) is 0.996. The second-order valence-electron chi connectivity index (χ2n) is 3.78. The fraction of sp³-hybridized carbons (Fsp3) is 0.900. The molecule has 0 aliphatic heterocycles. The van der Waals surface area contributed by atoms with E-state index in [-0.39, 0.29) is 5.91 Å². The van der Waals surface area contributed by atoms with Gasteiger partial charge in [0.1, 0.15) is 0 Å². The average Bonchev–Trinajstić information content (AvgIpc) is 2.97. The van der Waals surface area contributed by atoms with Gasteiger partial charge in [-0.3, -0.25) is 4.79 Å². The fourth-order valence-electron chi connectivity index (χ4n) is 1.27. The summed E-state index contributed by atoms with van der Waals surface area (Å²) in [7, 11) is 0. The third-order valence-electron chi connectivity index (χ3n) is 2.35. The minimum Gasteiger partial charge on any atom is -0.351 e. The topological polar surface area (TPSA) is 41.1 Å². The molecule has 0 saturated heterocycles. The van der Waals surface area contributed by atoms with Crippen molar-refractivity contribution in [3.63, 3.8) is 0 Å². The van der Waals surface area contributed by atoms with E-state index in [0.717, 1.165) is 12.2 Å². The van der Waals surface area contributed by atoms with Crippen molar-refractivity contribution in [2.24, 2.45) is 0 Å². The van der Waals surface area contributed by atoms with E-state index in [4.69, 9.17) is 0 Å². The van der Waals surface area contributed by atoms with Crippen LogP contribution in [0.5, 0.6) is 0 Å². The van der Waals surface area contributed by atoms with Crippen LogP contribution in [0.4, 0.5) is 0 Å². The van der Waals surface area contributed by atoms with Gasteiger partial charge in [0.15, 0.2) is 0 Å². The van der Waals surface area contributed by atoms with E-state index in [1.54, 1.807) is 11.8 Å². The molecule has 1 amide bonds. The van der Waals surface area contributed by atoms with Crippen LogP contribution in [0, 0.1) is 0 Å². The summed E-state index contributed by atoms with van der Waals surface area (Å²) in [5.74, 6) is 1.14. The van der Waals surface area contributed by atoms with Crippen LogP contribution < -0.4 is 10.6 Å². The third kappa shape index (κ3) is 4.86. The van der Waals surface area contributed by atoms with E-state index in [1.807, 2.05) is 0 Å². The number of rotatable bonds is 7. The lowest BCUT2D eigenvalue weighted by atomic mass is 10.2. The first-order valence-electron chi connectivity index (χ1n) is 5.28. The lowest BCUT2D eigenvalue weighted by molar-refractivity contribution is -0.120. The zero-order valence-electron chi connectivity index (χ0n) is 9.01. The van der Waals surface area contributed by atoms with Crippen LogP contribution in [0.1, 0.15) is 26.2 Å². The number of thioether (sulfide) groups is 1. The third-order valence-corrected chi connectivity index (χ3v) is 3.09. The number of hydrogen-bond donors (Lipinski definition) is 2. The molecule has 0 heterocycles. The van der Waals surface area contributed by atoms with Crippen molar-refractivity contribution in [2.75, 3.05) is 18.6 Å². The Morgan fingerprint density at radius 3 is 2.79 bits per heavy atom. The summed E-state index contributed by atoms with van der Waals surface area (Å²) >= 11 is 1.78. The normalized spacial score (nSPS) is 17.9. The van der Waals surface area contributed by atoms with Gasteiger partial charge in [-0.25, -0.2) is 0 Å². The molecule has 1 rings (SSSR count). The van der Waals surface area contributed by atoms with Crippen molar-refractivity contribution in [2.45, 2.75) is 38.3 Å². The number of carbonyl (C=O) groups is 1. The number of nitrogens with one attached hydrogen (secondary N) is 2. The number of carbonyl (C=O) groups excluding carboxylic acids is 1. The maximum atomic E-state index is 11.4. The summed E-state index contributed by atoms with van der Waals surface area (Å²) in [5.41, 5.74) is 0. The van der Waals surface area contributed by atoms with Gasteiger partial charge in [0.2, 0.25) is 5.91 Å². The highest BCUT2D eigenvalue weighted by Gasteiger charge is 2.21. The van der Waals surface area contributed by atoms with Crippen LogP contribution in [0.25, 0.3) is 0 Å². The molecule has 0 aromatic rings. The van der Waals surface area contributed by atoms with Gasteiger partial charge in [-0.2, -0.15) is 11.8 Å². The summed E-state index contributed by atoms with van der Waals surface area (Å²) in [4.78, 5) is 11.4. The highest BCUT2D eigenvalue weighted by molar-refractivity contribution is 7.98. The largest absolute Gasteiger partial charge is 0.351 e. The van der Waals surface area contributed by atoms with Gasteiger partial charge in [-0.1, -0.05) is 6.92 Å². The van der Waals surface area contributed by atoms with Crippen LogP contribution >= 0.6 is 11.8 Å². The summed E-state index contributed by atoms with van der Waals surface area (Å²) in [5, 5.41) is 6.24. The zero-order valence-corrected chi connectivity index (χ0v) is 9.82. The second kappa shape index (κ2) is 6.30. The van der Waals surface area contributed by atoms with Crippen molar-refractivity contribution in [3.05, 3.63) is 0 Å². The van der Waals surface area contributed by atoms with Gasteiger partial charge < -0.3 is 10.6 Å². The molecular formula is C10H20N2OS. The highest BCUT2D eigenvalue weighted by Crippen LogP contribution is 2.17. The van der Waals surface area contributed by atoms with Crippen LogP contribution in [0.15, 0.2) is 0 Å². The summed E-state index contributed by atoms with van der Waals surface area (Å²) in [6.45, 7) is 2.59. The first-order chi connectivity index (χ1) is 6.76. The fourth-order valence-corrected chi connectivity index (χ4v) is 1.99. The molecule has 1 fully saturated rings. The predicted molar refractivity (Wildman–Crippen MR) is 61.6 cm³/mol. The lowest BCUT2D eigenvalue weighted by Crippen LogP contribution is -2.41. The van der Waals surface area contributed by atoms with Gasteiger partial charge >= 0.3 is 0 Å². The first kappa shape index (κ1) is 11.9. The van der Waals surface area contributed by atoms with E-state index in [0.29, 0.717) is 18.6 Å². The van der Waals surface area contributed by atoms with Crippen LogP contribution in [-0.2, 0) is 4.79 Å². The van der Waals surface area contributed by atoms with Crippen molar-refractivity contribution < 1.29 is 4.79 Å². The van der Waals surface area contributed by atoms with Gasteiger partial charge in [0.05, 0.1) is 6.54 Å². The minimum absolute atomic E-state index is 0.137. The Morgan fingerprint density at radius 1 is 1.57 bits per heavy atom. The van der Waals surface area contributed by atoms with Crippen LogP contribution in [0.2, 0.25) is 0 Å². The second-order valence-corrected chi connectivity index (χ2v) is 4.69. The van der Waals surface area contributed by atoms with Gasteiger partial charge in [0.25, 0.3) is 0 Å². The molecule has 0 aromatic heterocycles. The molecule has 0 radical (unpaired) electrons. The molecule has 0 bridgehead atoms. The van der Waals surface area contributed by atoms with E-state index in [9.17, 15) is 4.79 Å². The lowest BCUT2D eigenvalue weighted by Gasteiger charge is -2.15. The number of amides is 1. The molecule has 1 aliphatic carbocycles. The Kier molecular flexibility index (Phi) is 5.33. The molecule has 4 heteroatoms. The summed E-state index contributed by atoms with van der Waals surface area (Å²) < 4.78 is 0. The van der Waals surface area contributed by atoms with Crippen molar-refractivity contribution >= 4 is 17.7 Å². The van der Waals surface area contributed by atoms with Crippen molar-refractivity contribution in [1.82, 2.24) is 10.6 Å². The van der Waals surface area contributed by atoms with Gasteiger partial charge in [-0.15, -0.1) is 0 Å². The molecule has 82 valence electrons.